The zero-order valence-electron chi connectivity index (χ0n) is 27.1. The smallest absolute Gasteiger partial charge is 0.0972 e. The number of hydrogen-bond acceptors (Lipinski definition) is 3. The van der Waals surface area contributed by atoms with Crippen molar-refractivity contribution < 1.29 is 0 Å². The lowest BCUT2D eigenvalue weighted by molar-refractivity contribution is 1.36. The molecule has 0 bridgehead atoms. The molecular formula is C47H29N3. The van der Waals surface area contributed by atoms with Crippen molar-refractivity contribution in [1.29, 1.82) is 0 Å². The van der Waals surface area contributed by atoms with Crippen molar-refractivity contribution in [2.24, 2.45) is 0 Å². The van der Waals surface area contributed by atoms with Crippen LogP contribution in [0.5, 0.6) is 0 Å². The Balaban J connectivity index is 1.21. The summed E-state index contributed by atoms with van der Waals surface area (Å²) in [5.74, 6) is 0. The van der Waals surface area contributed by atoms with Crippen LogP contribution in [0.25, 0.3) is 99.2 Å². The second kappa shape index (κ2) is 11.5. The highest BCUT2D eigenvalue weighted by Crippen LogP contribution is 2.41. The first-order valence-corrected chi connectivity index (χ1v) is 16.9. The van der Waals surface area contributed by atoms with Gasteiger partial charge in [-0.3, -0.25) is 0 Å². The topological polar surface area (TPSA) is 38.7 Å². The summed E-state index contributed by atoms with van der Waals surface area (Å²) in [5.41, 5.74) is 11.2. The molecule has 0 fully saturated rings. The van der Waals surface area contributed by atoms with E-state index in [0.29, 0.717) is 0 Å². The maximum absolute atomic E-state index is 5.37. The van der Waals surface area contributed by atoms with Crippen LogP contribution in [0.3, 0.4) is 0 Å². The van der Waals surface area contributed by atoms with Crippen molar-refractivity contribution in [2.75, 3.05) is 0 Å². The highest BCUT2D eigenvalue weighted by molar-refractivity contribution is 6.19. The molecule has 0 saturated heterocycles. The molecule has 0 saturated carbocycles. The molecule has 3 nitrogen and oxygen atoms in total. The fraction of sp³-hybridized carbons (Fsp3) is 0. The van der Waals surface area contributed by atoms with E-state index < -0.39 is 0 Å². The summed E-state index contributed by atoms with van der Waals surface area (Å²) in [6.45, 7) is 0. The van der Waals surface area contributed by atoms with Gasteiger partial charge in [0.2, 0.25) is 0 Å². The zero-order valence-corrected chi connectivity index (χ0v) is 27.1. The van der Waals surface area contributed by atoms with Gasteiger partial charge >= 0.3 is 0 Å². The van der Waals surface area contributed by atoms with Crippen LogP contribution >= 0.6 is 0 Å². The third-order valence-corrected chi connectivity index (χ3v) is 9.83. The lowest BCUT2D eigenvalue weighted by atomic mass is 9.90. The van der Waals surface area contributed by atoms with Crippen molar-refractivity contribution in [3.8, 4) is 44.9 Å². The minimum atomic E-state index is 0.893. The van der Waals surface area contributed by atoms with Crippen LogP contribution in [-0.2, 0) is 0 Å². The number of benzene rings is 7. The van der Waals surface area contributed by atoms with Crippen molar-refractivity contribution in [2.45, 2.75) is 0 Å². The zero-order chi connectivity index (χ0) is 33.0. The van der Waals surface area contributed by atoms with E-state index in [0.717, 1.165) is 71.9 Å². The molecule has 3 heterocycles. The monoisotopic (exact) mass is 635 g/mol. The molecule has 0 amide bonds. The molecule has 0 atom stereocenters. The summed E-state index contributed by atoms with van der Waals surface area (Å²) < 4.78 is 0. The van der Waals surface area contributed by atoms with Crippen molar-refractivity contribution in [1.82, 2.24) is 15.0 Å². The van der Waals surface area contributed by atoms with E-state index in [2.05, 4.69) is 158 Å². The molecule has 10 aromatic rings. The van der Waals surface area contributed by atoms with E-state index in [1.165, 1.54) is 27.3 Å². The molecule has 0 unspecified atom stereocenters. The Morgan fingerprint density at radius 2 is 0.900 bits per heavy atom. The van der Waals surface area contributed by atoms with Gasteiger partial charge in [-0.25, -0.2) is 15.0 Å². The number of nitrogens with zero attached hydrogens (tertiary/aromatic N) is 3. The predicted molar refractivity (Wildman–Crippen MR) is 209 cm³/mol. The Morgan fingerprint density at radius 3 is 1.66 bits per heavy atom. The lowest BCUT2D eigenvalue weighted by Gasteiger charge is -2.16. The minimum Gasteiger partial charge on any atom is -0.247 e. The molecule has 0 aliphatic rings. The molecule has 10 rings (SSSR count). The van der Waals surface area contributed by atoms with Gasteiger partial charge in [0.15, 0.2) is 0 Å². The van der Waals surface area contributed by atoms with E-state index in [9.17, 15) is 0 Å². The van der Waals surface area contributed by atoms with Crippen LogP contribution in [0, 0.1) is 0 Å². The summed E-state index contributed by atoms with van der Waals surface area (Å²) >= 11 is 0. The van der Waals surface area contributed by atoms with Gasteiger partial charge in [-0.1, -0.05) is 158 Å². The largest absolute Gasteiger partial charge is 0.247 e. The first-order valence-electron chi connectivity index (χ1n) is 16.9. The average molecular weight is 636 g/mol. The van der Waals surface area contributed by atoms with Gasteiger partial charge in [0.1, 0.15) is 0 Å². The van der Waals surface area contributed by atoms with Crippen LogP contribution < -0.4 is 0 Å². The molecule has 7 aromatic carbocycles. The Labute approximate surface area is 289 Å². The van der Waals surface area contributed by atoms with E-state index in [-0.39, 0.29) is 0 Å². The fourth-order valence-corrected chi connectivity index (χ4v) is 7.41. The van der Waals surface area contributed by atoms with Gasteiger partial charge in [-0.15, -0.1) is 0 Å². The van der Waals surface area contributed by atoms with E-state index in [1.807, 2.05) is 18.2 Å². The van der Waals surface area contributed by atoms with Crippen LogP contribution in [0.15, 0.2) is 176 Å². The van der Waals surface area contributed by atoms with Crippen LogP contribution in [0.4, 0.5) is 0 Å². The maximum atomic E-state index is 5.37. The van der Waals surface area contributed by atoms with Gasteiger partial charge in [-0.05, 0) is 40.1 Å². The van der Waals surface area contributed by atoms with Crippen molar-refractivity contribution in [3.63, 3.8) is 0 Å². The second-order valence-corrected chi connectivity index (χ2v) is 12.8. The Kier molecular flexibility index (Phi) is 6.49. The first kappa shape index (κ1) is 28.3. The summed E-state index contributed by atoms with van der Waals surface area (Å²) in [6, 6.07) is 62.0. The van der Waals surface area contributed by atoms with E-state index >= 15 is 0 Å². The number of pyridine rings is 3. The minimum absolute atomic E-state index is 0.893. The molecule has 0 aliphatic carbocycles. The number of fused-ring (bicyclic) bond motifs is 7. The Morgan fingerprint density at radius 1 is 0.320 bits per heavy atom. The van der Waals surface area contributed by atoms with E-state index in [4.69, 9.17) is 15.0 Å². The molecule has 0 radical (unpaired) electrons. The molecule has 0 spiro atoms. The summed E-state index contributed by atoms with van der Waals surface area (Å²) in [7, 11) is 0. The third-order valence-electron chi connectivity index (χ3n) is 9.83. The lowest BCUT2D eigenvalue weighted by Crippen LogP contribution is -1.94. The van der Waals surface area contributed by atoms with Gasteiger partial charge < -0.3 is 0 Å². The highest BCUT2D eigenvalue weighted by atomic mass is 14.8. The number of hydrogen-bond donors (Lipinski definition) is 0. The third kappa shape index (κ3) is 4.63. The quantitative estimate of drug-likeness (QED) is 0.181. The molecule has 0 aliphatic heterocycles. The highest BCUT2D eigenvalue weighted by Gasteiger charge is 2.17. The fourth-order valence-electron chi connectivity index (χ4n) is 7.41. The molecule has 3 aromatic heterocycles. The van der Waals surface area contributed by atoms with Crippen LogP contribution in [-0.4, -0.2) is 15.0 Å². The standard InChI is InChI=1S/C47H29N3/c1-3-12-31(13-4-1)41-27-24-33-21-22-34-25-28-42(49-47(34)46(33)48-41)35-23-26-39-43(29-35)50-45(32-14-5-2-6-15-32)40-20-10-19-38(44(39)40)37-18-9-16-30-11-7-8-17-36(30)37/h1-29H. The molecule has 232 valence electrons. The number of aromatic nitrogens is 3. The molecule has 0 N–H and O–H groups in total. The van der Waals surface area contributed by atoms with Gasteiger partial charge in [0.25, 0.3) is 0 Å². The van der Waals surface area contributed by atoms with Gasteiger partial charge in [0, 0.05) is 43.6 Å². The van der Waals surface area contributed by atoms with Crippen molar-refractivity contribution in [3.05, 3.63) is 176 Å². The Bertz CT molecular complexity index is 2910. The van der Waals surface area contributed by atoms with Gasteiger partial charge in [0.05, 0.1) is 33.6 Å². The SMILES string of the molecule is c1ccc(-c2ccc3ccc4ccc(-c5ccc6c(c5)nc(-c5ccccc5)c5cccc(-c7cccc8ccccc78)c56)nc4c3n2)cc1. The predicted octanol–water partition coefficient (Wildman–Crippen LogP) is 12.3. The van der Waals surface area contributed by atoms with Crippen LogP contribution in [0.1, 0.15) is 0 Å². The van der Waals surface area contributed by atoms with Crippen molar-refractivity contribution >= 4 is 54.3 Å². The second-order valence-electron chi connectivity index (χ2n) is 12.8. The number of rotatable bonds is 4. The average Bonchev–Trinajstić information content (AvgIpc) is 3.20. The van der Waals surface area contributed by atoms with Gasteiger partial charge in [-0.2, -0.15) is 0 Å². The molecular weight excluding hydrogens is 607 g/mol. The summed E-state index contributed by atoms with van der Waals surface area (Å²) in [5, 5.41) is 8.06. The summed E-state index contributed by atoms with van der Waals surface area (Å²) in [4.78, 5) is 15.8. The first-order chi connectivity index (χ1) is 24.8. The van der Waals surface area contributed by atoms with Crippen LogP contribution in [0.2, 0.25) is 0 Å². The Hall–Kier alpha value is -6.71. The molecule has 50 heavy (non-hydrogen) atoms. The van der Waals surface area contributed by atoms with E-state index in [1.54, 1.807) is 0 Å². The molecule has 3 heteroatoms. The maximum Gasteiger partial charge on any atom is 0.0972 e. The normalized spacial score (nSPS) is 11.6. The summed E-state index contributed by atoms with van der Waals surface area (Å²) in [6.07, 6.45) is 0.